The van der Waals surface area contributed by atoms with Gasteiger partial charge in [-0.2, -0.15) is 36.2 Å². The van der Waals surface area contributed by atoms with Crippen LogP contribution >= 0.6 is 46.1 Å². The fraction of sp³-hybridized carbons (Fsp3) is 0.254. The van der Waals surface area contributed by atoms with Gasteiger partial charge in [0.25, 0.3) is 0 Å². The molecular formula is C59H60N20O9S4. The zero-order valence-electron chi connectivity index (χ0n) is 55.1. The monoisotopic (exact) mass is 1330 g/mol. The summed E-state index contributed by atoms with van der Waals surface area (Å²) in [4.78, 5) is 48.3. The number of para-hydroxylation sites is 4. The summed E-state index contributed by atoms with van der Waals surface area (Å²) in [7, 11) is 6.11. The van der Waals surface area contributed by atoms with E-state index in [2.05, 4.69) is 71.7 Å². The van der Waals surface area contributed by atoms with Crippen molar-refractivity contribution in [3.05, 3.63) is 207 Å². The molecule has 0 atom stereocenters. The van der Waals surface area contributed by atoms with Crippen LogP contribution in [0.25, 0.3) is 26.1 Å². The first kappa shape index (κ1) is 60.1. The molecule has 8 aromatic heterocycles. The van der Waals surface area contributed by atoms with E-state index in [1.165, 1.54) is 46.7 Å². The lowest BCUT2D eigenvalue weighted by Gasteiger charge is -2.10. The normalized spacial score (nSPS) is 11.3. The third-order valence-corrected chi connectivity index (χ3v) is 16.6. The molecule has 0 N–H and O–H groups in total. The lowest BCUT2D eigenvalue weighted by molar-refractivity contribution is 0.281. The number of ether oxygens (including phenoxy) is 5. The van der Waals surface area contributed by atoms with Gasteiger partial charge in [-0.1, -0.05) is 79.3 Å². The van der Waals surface area contributed by atoms with E-state index < -0.39 is 5.69 Å². The van der Waals surface area contributed by atoms with Crippen LogP contribution in [0.15, 0.2) is 123 Å². The summed E-state index contributed by atoms with van der Waals surface area (Å²) in [5, 5.41) is 32.4. The molecule has 4 aromatic carbocycles. The van der Waals surface area contributed by atoms with Gasteiger partial charge >= 0.3 is 22.8 Å². The molecule has 0 aliphatic carbocycles. The Bertz CT molecular complexity index is 5060. The quantitative estimate of drug-likeness (QED) is 0.0773. The van der Waals surface area contributed by atoms with Crippen LogP contribution in [-0.2, 0) is 54.6 Å². The molecule has 12 aromatic rings. The molecule has 12 rings (SSSR count). The van der Waals surface area contributed by atoms with Crippen molar-refractivity contribution in [3.8, 4) is 61.2 Å². The Kier molecular flexibility index (Phi) is 19.7. The van der Waals surface area contributed by atoms with Gasteiger partial charge in [-0.15, -0.1) is 25.2 Å². The van der Waals surface area contributed by atoms with Crippen LogP contribution in [0.3, 0.4) is 0 Å². The van der Waals surface area contributed by atoms with Crippen molar-refractivity contribution < 1.29 is 29.2 Å². The summed E-state index contributed by atoms with van der Waals surface area (Å²) in [6.45, 7) is 16.2. The summed E-state index contributed by atoms with van der Waals surface area (Å²) in [5.41, 5.74) is 6.57. The molecule has 0 unspecified atom stereocenters. The van der Waals surface area contributed by atoms with Gasteiger partial charge < -0.3 is 23.7 Å². The standard InChI is InChI=1S/C15H17N5O3S.C15H15N5O2S.C15H13N5O2S.C14H15N5O2S/c1-4-22-13-11(9-23-12-8-6-5-7-10(12)2)14(24-16-13)20-15(21)19(3)17-18-20;2*1-4-12-11(9-22-13-8-6-5-7-10(13)2)14(23-16-12)20-15(21)19(3)17-18-20;1-9-6-4-5-7-12(9)21-8-11-10(2)15-22-13(11)19-14(20)18(3)16-17-19/h5-8H,4,9H2,1-3H3;4-8H,1,9H2,2-3H3;1,5-8H,9H2,2-3H3;4-7H,8H2,1-3H3/i3*5T;4T. The number of benzene rings is 4. The molecule has 0 fully saturated rings. The van der Waals surface area contributed by atoms with Crippen molar-refractivity contribution in [2.24, 2.45) is 28.2 Å². The molecule has 92 heavy (non-hydrogen) atoms. The minimum absolute atomic E-state index is 0.132. The zero-order valence-corrected chi connectivity index (χ0v) is 54.3. The number of nitrogens with zero attached hydrogens (tertiary/aromatic N) is 20. The number of hydrogen-bond donors (Lipinski definition) is 0. The van der Waals surface area contributed by atoms with Crippen LogP contribution < -0.4 is 46.4 Å². The summed E-state index contributed by atoms with van der Waals surface area (Å²) in [6, 6.07) is 22.2. The van der Waals surface area contributed by atoms with Gasteiger partial charge in [-0.05, 0) is 188 Å². The Balaban J connectivity index is 0.000000150. The topological polar surface area (TPSA) is 309 Å². The number of tetrazole rings is 4. The highest BCUT2D eigenvalue weighted by molar-refractivity contribution is 7.09. The Morgan fingerprint density at radius 2 is 0.804 bits per heavy atom. The van der Waals surface area contributed by atoms with Crippen LogP contribution in [-0.4, -0.2) is 103 Å². The fourth-order valence-corrected chi connectivity index (χ4v) is 11.3. The van der Waals surface area contributed by atoms with Crippen molar-refractivity contribution in [2.75, 3.05) is 6.61 Å². The second-order valence-electron chi connectivity index (χ2n) is 19.4. The lowest BCUT2D eigenvalue weighted by atomic mass is 10.2. The second-order valence-corrected chi connectivity index (χ2v) is 22.4. The van der Waals surface area contributed by atoms with Gasteiger partial charge in [0.2, 0.25) is 5.88 Å². The van der Waals surface area contributed by atoms with E-state index in [9.17, 15) is 19.2 Å². The van der Waals surface area contributed by atoms with Gasteiger partial charge in [0.05, 0.1) is 40.2 Å². The molecule has 0 amide bonds. The number of hydrogen-bond acceptors (Lipinski definition) is 25. The van der Waals surface area contributed by atoms with E-state index in [4.69, 9.17) is 35.6 Å². The minimum Gasteiger partial charge on any atom is -0.488 e. The van der Waals surface area contributed by atoms with Gasteiger partial charge in [0.1, 0.15) is 55.1 Å². The summed E-state index contributed by atoms with van der Waals surface area (Å²) in [6.07, 6.45) is 7.10. The maximum atomic E-state index is 12.1. The van der Waals surface area contributed by atoms with Crippen LogP contribution in [0.4, 0.5) is 0 Å². The Hall–Kier alpha value is -10.8. The van der Waals surface area contributed by atoms with Crippen molar-refractivity contribution >= 4 is 52.2 Å². The average molecular weight is 1330 g/mol. The van der Waals surface area contributed by atoms with Crippen molar-refractivity contribution in [2.45, 2.75) is 68.0 Å². The molecule has 0 saturated heterocycles. The molecule has 0 radical (unpaired) electrons. The Morgan fingerprint density at radius 1 is 0.467 bits per heavy atom. The summed E-state index contributed by atoms with van der Waals surface area (Å²) >= 11 is 4.49. The predicted molar refractivity (Wildman–Crippen MR) is 345 cm³/mol. The highest BCUT2D eigenvalue weighted by Gasteiger charge is 2.24. The van der Waals surface area contributed by atoms with Gasteiger partial charge in [0, 0.05) is 33.8 Å². The van der Waals surface area contributed by atoms with Crippen molar-refractivity contribution in [1.29, 1.82) is 0 Å². The first-order valence-electron chi connectivity index (χ1n) is 29.4. The number of aryl methyl sites for hydroxylation is 9. The number of terminal acetylenes is 1. The van der Waals surface area contributed by atoms with Gasteiger partial charge in [-0.25, -0.2) is 19.2 Å². The minimum atomic E-state index is -0.391. The van der Waals surface area contributed by atoms with Gasteiger partial charge in [-0.3, -0.25) is 0 Å². The molecule has 0 bridgehead atoms. The van der Waals surface area contributed by atoms with Crippen LogP contribution in [0.1, 0.15) is 74.0 Å². The highest BCUT2D eigenvalue weighted by Crippen LogP contribution is 2.31. The first-order chi connectivity index (χ1) is 46.0. The highest BCUT2D eigenvalue weighted by atomic mass is 32.1. The maximum absolute atomic E-state index is 12.1. The van der Waals surface area contributed by atoms with E-state index in [1.54, 1.807) is 85.9 Å². The smallest absolute Gasteiger partial charge is 0.369 e. The molecule has 0 spiro atoms. The van der Waals surface area contributed by atoms with Crippen LogP contribution in [0, 0.1) is 47.0 Å². The summed E-state index contributed by atoms with van der Waals surface area (Å²) < 4.78 is 85.6. The van der Waals surface area contributed by atoms with Gasteiger partial charge in [0.15, 0.2) is 20.0 Å². The van der Waals surface area contributed by atoms with E-state index in [1.807, 2.05) is 41.5 Å². The molecular weight excluding hydrogens is 1260 g/mol. The van der Waals surface area contributed by atoms with E-state index in [0.29, 0.717) is 108 Å². The molecule has 474 valence electrons. The largest absolute Gasteiger partial charge is 0.488 e. The fourth-order valence-electron chi connectivity index (χ4n) is 8.03. The molecule has 0 aliphatic rings. The average Bonchev–Trinajstić information content (AvgIpc) is 1.72. The van der Waals surface area contributed by atoms with Crippen molar-refractivity contribution in [3.63, 3.8) is 0 Å². The van der Waals surface area contributed by atoms with E-state index >= 15 is 0 Å². The van der Waals surface area contributed by atoms with E-state index in [0.717, 1.165) is 91.5 Å². The number of aromatic nitrogens is 20. The third-order valence-electron chi connectivity index (χ3n) is 13.1. The first-order valence-corrected chi connectivity index (χ1v) is 30.5. The predicted octanol–water partition coefficient (Wildman–Crippen LogP) is 6.57. The second kappa shape index (κ2) is 30.1. The van der Waals surface area contributed by atoms with E-state index in [-0.39, 0.29) is 43.5 Å². The lowest BCUT2D eigenvalue weighted by Crippen LogP contribution is -2.22. The Morgan fingerprint density at radius 3 is 1.17 bits per heavy atom. The maximum Gasteiger partial charge on any atom is 0.369 e. The Labute approximate surface area is 546 Å². The molecule has 29 nitrogen and oxygen atoms in total. The van der Waals surface area contributed by atoms with Crippen molar-refractivity contribution in [1.82, 2.24) is 96.7 Å². The molecule has 0 saturated carbocycles. The molecule has 8 heterocycles. The SMILES string of the molecule is [3H]c1ccc(OCc2c(C#C)nsc2-n2nnn(C)c2=O)c(C)c1.[3H]c1ccc(OCc2c(C)nsc2-n2nnn(C)c2=O)c(C)c1.[3H]c1ccc(OCc2c(C=C)nsc2-n2nnn(C)c2=O)c(C)c1.[3H]c1ccc(OCc2c(OCC)nsc2-n2nnn(C)c2=O)c(C)c1. The zero-order chi connectivity index (χ0) is 69.1. The number of rotatable bonds is 19. The van der Waals surface area contributed by atoms with Crippen LogP contribution in [0.2, 0.25) is 0 Å². The molecule has 33 heteroatoms. The third kappa shape index (κ3) is 14.9. The molecule has 0 aliphatic heterocycles. The summed E-state index contributed by atoms with van der Waals surface area (Å²) in [5.74, 6) is 5.56. The van der Waals surface area contributed by atoms with Crippen LogP contribution in [0.5, 0.6) is 28.9 Å².